The van der Waals surface area contributed by atoms with Crippen molar-refractivity contribution in [1.29, 1.82) is 0 Å². The summed E-state index contributed by atoms with van der Waals surface area (Å²) in [6, 6.07) is 0. The third-order valence-electron chi connectivity index (χ3n) is 2.17. The molecule has 5 nitrogen and oxygen atoms in total. The van der Waals surface area contributed by atoms with E-state index in [2.05, 4.69) is 10.3 Å². The third-order valence-corrected chi connectivity index (χ3v) is 2.17. The van der Waals surface area contributed by atoms with Crippen LogP contribution in [0.4, 0.5) is 0 Å². The second kappa shape index (κ2) is 5.07. The lowest BCUT2D eigenvalue weighted by Crippen LogP contribution is -2.12. The van der Waals surface area contributed by atoms with Gasteiger partial charge in [-0.05, 0) is 12.3 Å². The molecule has 0 aromatic carbocycles. The van der Waals surface area contributed by atoms with E-state index in [1.165, 1.54) is 0 Å². The Kier molecular flexibility index (Phi) is 4.03. The number of rotatable bonds is 5. The molecule has 0 saturated carbocycles. The molecule has 0 radical (unpaired) electrons. The first-order valence-electron chi connectivity index (χ1n) is 4.66. The Morgan fingerprint density at radius 3 is 2.86 bits per heavy atom. The van der Waals surface area contributed by atoms with Crippen molar-refractivity contribution in [3.63, 3.8) is 0 Å². The Labute approximate surface area is 83.7 Å². The molecule has 80 valence electrons. The molecule has 0 bridgehead atoms. The van der Waals surface area contributed by atoms with Gasteiger partial charge in [0.15, 0.2) is 0 Å². The van der Waals surface area contributed by atoms with Crippen LogP contribution in [0, 0.1) is 5.92 Å². The van der Waals surface area contributed by atoms with Gasteiger partial charge in [0.05, 0.1) is 18.0 Å². The van der Waals surface area contributed by atoms with Crippen molar-refractivity contribution in [1.82, 2.24) is 15.0 Å². The molecular weight excluding hydrogens is 182 g/mol. The predicted molar refractivity (Wildman–Crippen MR) is 51.6 cm³/mol. The first-order valence-corrected chi connectivity index (χ1v) is 4.66. The summed E-state index contributed by atoms with van der Waals surface area (Å²) in [5, 5.41) is 17.3. The summed E-state index contributed by atoms with van der Waals surface area (Å²) in [6.45, 7) is 2.69. The van der Waals surface area contributed by atoms with Crippen LogP contribution in [0.25, 0.3) is 0 Å². The van der Waals surface area contributed by atoms with E-state index in [4.69, 9.17) is 4.74 Å². The number of aromatic nitrogens is 3. The highest BCUT2D eigenvalue weighted by molar-refractivity contribution is 4.98. The van der Waals surface area contributed by atoms with E-state index in [1.54, 1.807) is 25.0 Å². The van der Waals surface area contributed by atoms with Crippen LogP contribution < -0.4 is 0 Å². The van der Waals surface area contributed by atoms with E-state index in [-0.39, 0.29) is 0 Å². The van der Waals surface area contributed by atoms with Gasteiger partial charge in [0.25, 0.3) is 0 Å². The second-order valence-corrected chi connectivity index (χ2v) is 3.59. The molecule has 0 amide bonds. The third kappa shape index (κ3) is 2.78. The van der Waals surface area contributed by atoms with Crippen molar-refractivity contribution in [2.45, 2.75) is 19.4 Å². The maximum Gasteiger partial charge on any atom is 0.0976 e. The summed E-state index contributed by atoms with van der Waals surface area (Å²) in [6.07, 6.45) is 1.74. The SMILES string of the molecule is COCC(C)CC(O)c1cnnn1C. The van der Waals surface area contributed by atoms with Crippen molar-refractivity contribution >= 4 is 0 Å². The lowest BCUT2D eigenvalue weighted by molar-refractivity contribution is 0.0972. The van der Waals surface area contributed by atoms with Crippen LogP contribution in [-0.4, -0.2) is 33.8 Å². The smallest absolute Gasteiger partial charge is 0.0976 e. The van der Waals surface area contributed by atoms with E-state index < -0.39 is 6.10 Å². The van der Waals surface area contributed by atoms with Crippen LogP contribution in [0.5, 0.6) is 0 Å². The van der Waals surface area contributed by atoms with Crippen molar-refractivity contribution < 1.29 is 9.84 Å². The van der Waals surface area contributed by atoms with Gasteiger partial charge in [-0.2, -0.15) is 0 Å². The lowest BCUT2D eigenvalue weighted by atomic mass is 10.0. The highest BCUT2D eigenvalue weighted by Crippen LogP contribution is 2.19. The van der Waals surface area contributed by atoms with Gasteiger partial charge in [0.2, 0.25) is 0 Å². The van der Waals surface area contributed by atoms with E-state index in [1.807, 2.05) is 6.92 Å². The van der Waals surface area contributed by atoms with Crippen molar-refractivity contribution in [3.8, 4) is 0 Å². The number of hydrogen-bond acceptors (Lipinski definition) is 4. The topological polar surface area (TPSA) is 60.2 Å². The lowest BCUT2D eigenvalue weighted by Gasteiger charge is -2.15. The minimum Gasteiger partial charge on any atom is -0.387 e. The second-order valence-electron chi connectivity index (χ2n) is 3.59. The number of aliphatic hydroxyl groups is 1. The van der Waals surface area contributed by atoms with E-state index >= 15 is 0 Å². The quantitative estimate of drug-likeness (QED) is 0.751. The minimum atomic E-state index is -0.514. The first kappa shape index (κ1) is 11.1. The summed E-state index contributed by atoms with van der Waals surface area (Å²) in [7, 11) is 3.43. The minimum absolute atomic E-state index is 0.324. The molecule has 0 spiro atoms. The summed E-state index contributed by atoms with van der Waals surface area (Å²) in [5.74, 6) is 0.324. The summed E-state index contributed by atoms with van der Waals surface area (Å²) in [4.78, 5) is 0. The van der Waals surface area contributed by atoms with Gasteiger partial charge in [-0.15, -0.1) is 5.10 Å². The number of aliphatic hydroxyl groups excluding tert-OH is 1. The molecule has 1 aromatic heterocycles. The van der Waals surface area contributed by atoms with Crippen LogP contribution in [-0.2, 0) is 11.8 Å². The molecular formula is C9H17N3O2. The van der Waals surface area contributed by atoms with Gasteiger partial charge in [-0.3, -0.25) is 0 Å². The Bertz CT molecular complexity index is 275. The van der Waals surface area contributed by atoms with Crippen molar-refractivity contribution in [3.05, 3.63) is 11.9 Å². The van der Waals surface area contributed by atoms with Crippen LogP contribution in [0.2, 0.25) is 0 Å². The standard InChI is InChI=1S/C9H17N3O2/c1-7(6-14-3)4-9(13)8-5-10-11-12(8)2/h5,7,9,13H,4,6H2,1-3H3. The normalized spacial score (nSPS) is 15.4. The van der Waals surface area contributed by atoms with E-state index in [9.17, 15) is 5.11 Å². The zero-order valence-corrected chi connectivity index (χ0v) is 8.84. The fourth-order valence-electron chi connectivity index (χ4n) is 1.45. The molecule has 2 atom stereocenters. The summed E-state index contributed by atoms with van der Waals surface area (Å²) >= 11 is 0. The molecule has 14 heavy (non-hydrogen) atoms. The highest BCUT2D eigenvalue weighted by Gasteiger charge is 2.15. The monoisotopic (exact) mass is 199 g/mol. The fourth-order valence-corrected chi connectivity index (χ4v) is 1.45. The number of ether oxygens (including phenoxy) is 1. The van der Waals surface area contributed by atoms with Gasteiger partial charge >= 0.3 is 0 Å². The average molecular weight is 199 g/mol. The van der Waals surface area contributed by atoms with Crippen LogP contribution in [0.1, 0.15) is 25.1 Å². The summed E-state index contributed by atoms with van der Waals surface area (Å²) in [5.41, 5.74) is 0.743. The molecule has 5 heteroatoms. The van der Waals surface area contributed by atoms with Crippen molar-refractivity contribution in [2.24, 2.45) is 13.0 Å². The van der Waals surface area contributed by atoms with Gasteiger partial charge in [-0.25, -0.2) is 4.68 Å². The maximum absolute atomic E-state index is 9.83. The van der Waals surface area contributed by atoms with Crippen LogP contribution in [0.3, 0.4) is 0 Å². The summed E-state index contributed by atoms with van der Waals surface area (Å²) < 4.78 is 6.59. The average Bonchev–Trinajstić information content (AvgIpc) is 2.51. The molecule has 0 fully saturated rings. The molecule has 1 aromatic rings. The molecule has 0 aliphatic carbocycles. The Hall–Kier alpha value is -0.940. The zero-order valence-electron chi connectivity index (χ0n) is 8.84. The fraction of sp³-hybridized carbons (Fsp3) is 0.778. The van der Waals surface area contributed by atoms with Gasteiger partial charge < -0.3 is 9.84 Å². The molecule has 0 saturated heterocycles. The Balaban J connectivity index is 2.50. The molecule has 0 aliphatic rings. The first-order chi connectivity index (χ1) is 6.65. The van der Waals surface area contributed by atoms with E-state index in [0.717, 1.165) is 5.69 Å². The largest absolute Gasteiger partial charge is 0.387 e. The highest BCUT2D eigenvalue weighted by atomic mass is 16.5. The van der Waals surface area contributed by atoms with Crippen LogP contribution in [0.15, 0.2) is 6.20 Å². The van der Waals surface area contributed by atoms with E-state index in [0.29, 0.717) is 18.9 Å². The van der Waals surface area contributed by atoms with Crippen LogP contribution >= 0.6 is 0 Å². The molecule has 0 aliphatic heterocycles. The molecule has 1 heterocycles. The molecule has 2 unspecified atom stereocenters. The molecule has 1 rings (SSSR count). The van der Waals surface area contributed by atoms with Gasteiger partial charge in [0.1, 0.15) is 0 Å². The molecule has 1 N–H and O–H groups in total. The number of hydrogen-bond donors (Lipinski definition) is 1. The number of nitrogens with zero attached hydrogens (tertiary/aromatic N) is 3. The Morgan fingerprint density at radius 1 is 1.64 bits per heavy atom. The van der Waals surface area contributed by atoms with Gasteiger partial charge in [-0.1, -0.05) is 12.1 Å². The number of methoxy groups -OCH3 is 1. The maximum atomic E-state index is 9.83. The zero-order chi connectivity index (χ0) is 10.6. The van der Waals surface area contributed by atoms with Crippen molar-refractivity contribution in [2.75, 3.05) is 13.7 Å². The van der Waals surface area contributed by atoms with Gasteiger partial charge in [0, 0.05) is 20.8 Å². The Morgan fingerprint density at radius 2 is 2.36 bits per heavy atom. The predicted octanol–water partition coefficient (Wildman–Crippen LogP) is 0.521. The number of aryl methyl sites for hydroxylation is 1.